The number of anilines is 1. The van der Waals surface area contributed by atoms with E-state index in [9.17, 15) is 14.0 Å². The van der Waals surface area contributed by atoms with Crippen LogP contribution in [0.2, 0.25) is 0 Å². The number of thiazole rings is 1. The van der Waals surface area contributed by atoms with Crippen molar-refractivity contribution in [2.45, 2.75) is 6.92 Å². The van der Waals surface area contributed by atoms with E-state index < -0.39 is 0 Å². The van der Waals surface area contributed by atoms with E-state index in [0.29, 0.717) is 16.4 Å². The fraction of sp³-hybridized carbons (Fsp3) is 0.0714. The standard InChI is InChI=1S/C14H11FN2O2S/c1-9(18)12-8-20-14(16-12)17-13(19)7-4-10-2-5-11(15)6-3-10/h2-8H,1H3,(H,16,17,19)/b7-4+. The molecule has 2 rings (SSSR count). The molecule has 4 nitrogen and oxygen atoms in total. The average Bonchev–Trinajstić information content (AvgIpc) is 2.87. The Bertz CT molecular complexity index is 662. The Labute approximate surface area is 119 Å². The van der Waals surface area contributed by atoms with Crippen LogP contribution in [0.1, 0.15) is 23.0 Å². The minimum absolute atomic E-state index is 0.149. The molecule has 0 atom stereocenters. The number of rotatable bonds is 4. The first-order valence-electron chi connectivity index (χ1n) is 5.75. The van der Waals surface area contributed by atoms with Gasteiger partial charge in [0.1, 0.15) is 11.5 Å². The van der Waals surface area contributed by atoms with Gasteiger partial charge >= 0.3 is 0 Å². The molecule has 1 N–H and O–H groups in total. The first-order chi connectivity index (χ1) is 9.54. The molecule has 0 saturated carbocycles. The number of benzene rings is 1. The third kappa shape index (κ3) is 3.83. The summed E-state index contributed by atoms with van der Waals surface area (Å²) < 4.78 is 12.7. The largest absolute Gasteiger partial charge is 0.298 e. The maximum Gasteiger partial charge on any atom is 0.250 e. The zero-order chi connectivity index (χ0) is 14.5. The minimum Gasteiger partial charge on any atom is -0.298 e. The smallest absolute Gasteiger partial charge is 0.250 e. The van der Waals surface area contributed by atoms with Crippen LogP contribution in [0.4, 0.5) is 9.52 Å². The van der Waals surface area contributed by atoms with Crippen molar-refractivity contribution in [1.29, 1.82) is 0 Å². The van der Waals surface area contributed by atoms with Crippen LogP contribution in [0.3, 0.4) is 0 Å². The number of nitrogens with zero attached hydrogens (tertiary/aromatic N) is 1. The molecule has 0 bridgehead atoms. The lowest BCUT2D eigenvalue weighted by atomic mass is 10.2. The Hall–Kier alpha value is -2.34. The topological polar surface area (TPSA) is 59.1 Å². The lowest BCUT2D eigenvalue weighted by Gasteiger charge is -1.96. The number of nitrogens with one attached hydrogen (secondary N) is 1. The minimum atomic E-state index is -0.362. The summed E-state index contributed by atoms with van der Waals surface area (Å²) in [5.41, 5.74) is 1.04. The Morgan fingerprint density at radius 2 is 2.00 bits per heavy atom. The second kappa shape index (κ2) is 6.21. The Kier molecular flexibility index (Phi) is 4.37. The molecule has 1 aromatic heterocycles. The third-order valence-corrected chi connectivity index (χ3v) is 3.15. The van der Waals surface area contributed by atoms with Crippen molar-refractivity contribution in [3.05, 3.63) is 52.8 Å². The Morgan fingerprint density at radius 3 is 2.60 bits per heavy atom. The molecule has 1 aromatic carbocycles. The molecular weight excluding hydrogens is 279 g/mol. The fourth-order valence-corrected chi connectivity index (χ4v) is 2.14. The number of Topliss-reactive ketones (excluding diaryl/α,β-unsaturated/α-hetero) is 1. The van der Waals surface area contributed by atoms with Crippen molar-refractivity contribution >= 4 is 34.2 Å². The van der Waals surface area contributed by atoms with E-state index in [0.717, 1.165) is 0 Å². The van der Waals surface area contributed by atoms with Crippen molar-refractivity contribution in [3.8, 4) is 0 Å². The molecule has 20 heavy (non-hydrogen) atoms. The summed E-state index contributed by atoms with van der Waals surface area (Å²) in [7, 11) is 0. The molecule has 1 heterocycles. The number of amides is 1. The molecule has 0 radical (unpaired) electrons. The van der Waals surface area contributed by atoms with Crippen molar-refractivity contribution in [2.75, 3.05) is 5.32 Å². The van der Waals surface area contributed by atoms with Gasteiger partial charge in [-0.25, -0.2) is 9.37 Å². The molecule has 2 aromatic rings. The summed E-state index contributed by atoms with van der Waals surface area (Å²) in [6.07, 6.45) is 2.89. The van der Waals surface area contributed by atoms with Gasteiger partial charge in [-0.3, -0.25) is 14.9 Å². The second-order valence-corrected chi connectivity index (χ2v) is 4.83. The highest BCUT2D eigenvalue weighted by Gasteiger charge is 2.07. The molecule has 0 unspecified atom stereocenters. The van der Waals surface area contributed by atoms with E-state index in [1.807, 2.05) is 0 Å². The summed E-state index contributed by atoms with van der Waals surface area (Å²) >= 11 is 1.18. The average molecular weight is 290 g/mol. The number of hydrogen-bond acceptors (Lipinski definition) is 4. The molecule has 6 heteroatoms. The van der Waals surface area contributed by atoms with E-state index in [-0.39, 0.29) is 17.5 Å². The zero-order valence-electron chi connectivity index (χ0n) is 10.6. The van der Waals surface area contributed by atoms with Gasteiger partial charge in [0.05, 0.1) is 0 Å². The van der Waals surface area contributed by atoms with E-state index >= 15 is 0 Å². The van der Waals surface area contributed by atoms with Gasteiger partial charge in [-0.15, -0.1) is 11.3 Å². The SMILES string of the molecule is CC(=O)c1csc(NC(=O)/C=C/c2ccc(F)cc2)n1. The number of ketones is 1. The van der Waals surface area contributed by atoms with Crippen LogP contribution in [-0.2, 0) is 4.79 Å². The normalized spacial score (nSPS) is 10.7. The molecule has 0 aliphatic heterocycles. The highest BCUT2D eigenvalue weighted by molar-refractivity contribution is 7.14. The number of hydrogen-bond donors (Lipinski definition) is 1. The van der Waals surface area contributed by atoms with Crippen LogP contribution >= 0.6 is 11.3 Å². The van der Waals surface area contributed by atoms with Gasteiger partial charge in [0, 0.05) is 18.4 Å². The van der Waals surface area contributed by atoms with E-state index in [1.165, 1.54) is 36.5 Å². The van der Waals surface area contributed by atoms with Crippen LogP contribution in [0.15, 0.2) is 35.7 Å². The molecular formula is C14H11FN2O2S. The number of halogens is 1. The predicted molar refractivity (Wildman–Crippen MR) is 76.2 cm³/mol. The molecule has 0 fully saturated rings. The van der Waals surface area contributed by atoms with Gasteiger partial charge in [-0.1, -0.05) is 12.1 Å². The molecule has 1 amide bonds. The van der Waals surface area contributed by atoms with E-state index in [4.69, 9.17) is 0 Å². The molecule has 0 aliphatic carbocycles. The Balaban J connectivity index is 1.97. The maximum atomic E-state index is 12.7. The van der Waals surface area contributed by atoms with Crippen molar-refractivity contribution in [2.24, 2.45) is 0 Å². The van der Waals surface area contributed by atoms with Crippen molar-refractivity contribution < 1.29 is 14.0 Å². The molecule has 0 spiro atoms. The van der Waals surface area contributed by atoms with Gasteiger partial charge in [0.25, 0.3) is 0 Å². The summed E-state index contributed by atoms with van der Waals surface area (Å²) in [4.78, 5) is 26.7. The van der Waals surface area contributed by atoms with E-state index in [1.54, 1.807) is 23.6 Å². The monoisotopic (exact) mass is 290 g/mol. The molecule has 0 saturated heterocycles. The summed E-state index contributed by atoms with van der Waals surface area (Å²) in [6, 6.07) is 5.77. The van der Waals surface area contributed by atoms with Crippen LogP contribution in [0.25, 0.3) is 6.08 Å². The fourth-order valence-electron chi connectivity index (χ4n) is 1.39. The third-order valence-electron chi connectivity index (χ3n) is 2.39. The summed E-state index contributed by atoms with van der Waals surface area (Å²) in [5, 5.41) is 4.50. The quantitative estimate of drug-likeness (QED) is 0.695. The lowest BCUT2D eigenvalue weighted by Crippen LogP contribution is -2.07. The van der Waals surface area contributed by atoms with Gasteiger partial charge in [0.15, 0.2) is 10.9 Å². The van der Waals surface area contributed by atoms with Crippen LogP contribution < -0.4 is 5.32 Å². The van der Waals surface area contributed by atoms with Crippen LogP contribution in [0.5, 0.6) is 0 Å². The van der Waals surface area contributed by atoms with Gasteiger partial charge in [-0.2, -0.15) is 0 Å². The van der Waals surface area contributed by atoms with E-state index in [2.05, 4.69) is 10.3 Å². The van der Waals surface area contributed by atoms with Gasteiger partial charge in [-0.05, 0) is 23.8 Å². The number of aromatic nitrogens is 1. The van der Waals surface area contributed by atoms with Crippen molar-refractivity contribution in [1.82, 2.24) is 4.98 Å². The van der Waals surface area contributed by atoms with Crippen LogP contribution in [-0.4, -0.2) is 16.7 Å². The number of carbonyl (C=O) groups is 2. The first-order valence-corrected chi connectivity index (χ1v) is 6.63. The summed E-state index contributed by atoms with van der Waals surface area (Å²) in [6.45, 7) is 1.41. The number of carbonyl (C=O) groups excluding carboxylic acids is 2. The highest BCUT2D eigenvalue weighted by Crippen LogP contribution is 2.15. The predicted octanol–water partition coefficient (Wildman–Crippen LogP) is 3.14. The Morgan fingerprint density at radius 1 is 1.30 bits per heavy atom. The second-order valence-electron chi connectivity index (χ2n) is 3.97. The van der Waals surface area contributed by atoms with Gasteiger partial charge in [0.2, 0.25) is 5.91 Å². The van der Waals surface area contributed by atoms with Gasteiger partial charge < -0.3 is 0 Å². The lowest BCUT2D eigenvalue weighted by molar-refractivity contribution is -0.111. The highest BCUT2D eigenvalue weighted by atomic mass is 32.1. The van der Waals surface area contributed by atoms with Crippen molar-refractivity contribution in [3.63, 3.8) is 0 Å². The van der Waals surface area contributed by atoms with Crippen LogP contribution in [0, 0.1) is 5.82 Å². The molecule has 0 aliphatic rings. The maximum absolute atomic E-state index is 12.7. The zero-order valence-corrected chi connectivity index (χ0v) is 11.4. The molecule has 102 valence electrons. The summed E-state index contributed by atoms with van der Waals surface area (Å²) in [5.74, 6) is -0.839. The first kappa shape index (κ1) is 14.1.